The maximum absolute atomic E-state index is 11.9. The van der Waals surface area contributed by atoms with Gasteiger partial charge in [0.15, 0.2) is 0 Å². The zero-order valence-corrected chi connectivity index (χ0v) is 11.2. The molecule has 2 aromatic rings. The van der Waals surface area contributed by atoms with Crippen LogP contribution in [0.5, 0.6) is 0 Å². The summed E-state index contributed by atoms with van der Waals surface area (Å²) in [5, 5.41) is 2.79. The first-order valence-electron chi connectivity index (χ1n) is 6.87. The SMILES string of the molecule is O=C(Nc1ccc(N2CCCCC2)nc1)c1ccoc1. The fraction of sp³-hybridized carbons (Fsp3) is 0.333. The lowest BCUT2D eigenvalue weighted by Crippen LogP contribution is -2.30. The third-order valence-electron chi connectivity index (χ3n) is 3.47. The van der Waals surface area contributed by atoms with Crippen molar-refractivity contribution in [3.63, 3.8) is 0 Å². The number of furan rings is 1. The van der Waals surface area contributed by atoms with Crippen LogP contribution in [0.1, 0.15) is 29.6 Å². The lowest BCUT2D eigenvalue weighted by Gasteiger charge is -2.27. The lowest BCUT2D eigenvalue weighted by molar-refractivity contribution is 0.102. The number of rotatable bonds is 3. The second kappa shape index (κ2) is 5.77. The van der Waals surface area contributed by atoms with Gasteiger partial charge >= 0.3 is 0 Å². The molecular formula is C15H17N3O2. The van der Waals surface area contributed by atoms with Crippen molar-refractivity contribution < 1.29 is 9.21 Å². The molecule has 5 nitrogen and oxygen atoms in total. The molecule has 20 heavy (non-hydrogen) atoms. The Morgan fingerprint density at radius 1 is 1.20 bits per heavy atom. The maximum Gasteiger partial charge on any atom is 0.258 e. The van der Waals surface area contributed by atoms with Gasteiger partial charge < -0.3 is 14.6 Å². The highest BCUT2D eigenvalue weighted by molar-refractivity contribution is 6.03. The Labute approximate surface area is 117 Å². The third-order valence-corrected chi connectivity index (χ3v) is 3.47. The van der Waals surface area contributed by atoms with E-state index in [4.69, 9.17) is 4.42 Å². The summed E-state index contributed by atoms with van der Waals surface area (Å²) in [5.74, 6) is 0.789. The number of aromatic nitrogens is 1. The molecule has 0 radical (unpaired) electrons. The van der Waals surface area contributed by atoms with Gasteiger partial charge in [-0.2, -0.15) is 0 Å². The number of carbonyl (C=O) groups excluding carboxylic acids is 1. The minimum absolute atomic E-state index is 0.189. The highest BCUT2D eigenvalue weighted by atomic mass is 16.3. The van der Waals surface area contributed by atoms with Crippen LogP contribution in [0, 0.1) is 0 Å². The van der Waals surface area contributed by atoms with E-state index >= 15 is 0 Å². The van der Waals surface area contributed by atoms with Crippen molar-refractivity contribution in [3.05, 3.63) is 42.5 Å². The van der Waals surface area contributed by atoms with Gasteiger partial charge in [0, 0.05) is 13.1 Å². The highest BCUT2D eigenvalue weighted by Crippen LogP contribution is 2.19. The van der Waals surface area contributed by atoms with Gasteiger partial charge in [0.1, 0.15) is 12.1 Å². The topological polar surface area (TPSA) is 58.4 Å². The molecule has 3 rings (SSSR count). The van der Waals surface area contributed by atoms with Crippen LogP contribution in [0.4, 0.5) is 11.5 Å². The molecule has 0 unspecified atom stereocenters. The normalized spacial score (nSPS) is 15.1. The second-order valence-corrected chi connectivity index (χ2v) is 4.92. The summed E-state index contributed by atoms with van der Waals surface area (Å²) in [6.07, 6.45) is 8.34. The van der Waals surface area contributed by atoms with Gasteiger partial charge in [-0.3, -0.25) is 4.79 Å². The summed E-state index contributed by atoms with van der Waals surface area (Å²) in [7, 11) is 0. The molecule has 0 atom stereocenters. The predicted octanol–water partition coefficient (Wildman–Crippen LogP) is 2.92. The smallest absolute Gasteiger partial charge is 0.258 e. The van der Waals surface area contributed by atoms with Crippen LogP contribution in [0.15, 0.2) is 41.3 Å². The van der Waals surface area contributed by atoms with E-state index in [1.54, 1.807) is 12.3 Å². The molecule has 1 aliphatic heterocycles. The number of pyridine rings is 1. The van der Waals surface area contributed by atoms with Crippen LogP contribution in [-0.2, 0) is 0 Å². The Kier molecular flexibility index (Phi) is 3.67. The van der Waals surface area contributed by atoms with Crippen molar-refractivity contribution in [1.82, 2.24) is 4.98 Å². The van der Waals surface area contributed by atoms with Crippen molar-refractivity contribution in [2.45, 2.75) is 19.3 Å². The third kappa shape index (κ3) is 2.82. The van der Waals surface area contributed by atoms with Gasteiger partial charge in [0.2, 0.25) is 0 Å². The van der Waals surface area contributed by atoms with E-state index < -0.39 is 0 Å². The first-order valence-corrected chi connectivity index (χ1v) is 6.87. The molecule has 0 saturated carbocycles. The number of nitrogens with zero attached hydrogens (tertiary/aromatic N) is 2. The molecular weight excluding hydrogens is 254 g/mol. The quantitative estimate of drug-likeness (QED) is 0.932. The zero-order valence-electron chi connectivity index (χ0n) is 11.2. The van der Waals surface area contributed by atoms with E-state index in [1.165, 1.54) is 31.8 Å². The van der Waals surface area contributed by atoms with Crippen molar-refractivity contribution >= 4 is 17.4 Å². The molecule has 1 N–H and O–H groups in total. The van der Waals surface area contributed by atoms with E-state index in [-0.39, 0.29) is 5.91 Å². The molecule has 1 saturated heterocycles. The summed E-state index contributed by atoms with van der Waals surface area (Å²) in [4.78, 5) is 18.6. The van der Waals surface area contributed by atoms with Crippen LogP contribution in [0.2, 0.25) is 0 Å². The van der Waals surface area contributed by atoms with Crippen molar-refractivity contribution in [2.75, 3.05) is 23.3 Å². The number of carbonyl (C=O) groups is 1. The number of amides is 1. The van der Waals surface area contributed by atoms with Crippen LogP contribution in [0.25, 0.3) is 0 Å². The van der Waals surface area contributed by atoms with Gasteiger partial charge in [0.05, 0.1) is 23.7 Å². The summed E-state index contributed by atoms with van der Waals surface area (Å²) in [6, 6.07) is 5.47. The number of hydrogen-bond acceptors (Lipinski definition) is 4. The molecule has 3 heterocycles. The van der Waals surface area contributed by atoms with Crippen LogP contribution in [0.3, 0.4) is 0 Å². The van der Waals surface area contributed by atoms with E-state index in [2.05, 4.69) is 15.2 Å². The van der Waals surface area contributed by atoms with Gasteiger partial charge in [-0.25, -0.2) is 4.98 Å². The Morgan fingerprint density at radius 3 is 2.70 bits per heavy atom. The van der Waals surface area contributed by atoms with Crippen molar-refractivity contribution in [1.29, 1.82) is 0 Å². The average molecular weight is 271 g/mol. The van der Waals surface area contributed by atoms with Gasteiger partial charge in [-0.15, -0.1) is 0 Å². The highest BCUT2D eigenvalue weighted by Gasteiger charge is 2.12. The summed E-state index contributed by atoms with van der Waals surface area (Å²) < 4.78 is 4.89. The molecule has 2 aromatic heterocycles. The molecule has 0 bridgehead atoms. The minimum atomic E-state index is -0.189. The molecule has 5 heteroatoms. The zero-order chi connectivity index (χ0) is 13.8. The number of piperidine rings is 1. The van der Waals surface area contributed by atoms with Crippen LogP contribution >= 0.6 is 0 Å². The number of nitrogens with one attached hydrogen (secondary N) is 1. The second-order valence-electron chi connectivity index (χ2n) is 4.92. The summed E-state index contributed by atoms with van der Waals surface area (Å²) >= 11 is 0. The lowest BCUT2D eigenvalue weighted by atomic mass is 10.1. The molecule has 1 aliphatic rings. The molecule has 0 spiro atoms. The Hall–Kier alpha value is -2.30. The van der Waals surface area contributed by atoms with E-state index in [9.17, 15) is 4.79 Å². The van der Waals surface area contributed by atoms with E-state index in [1.807, 2.05) is 12.1 Å². The Balaban J connectivity index is 1.65. The minimum Gasteiger partial charge on any atom is -0.472 e. The largest absolute Gasteiger partial charge is 0.472 e. The van der Waals surface area contributed by atoms with E-state index in [0.29, 0.717) is 11.3 Å². The monoisotopic (exact) mass is 271 g/mol. The first kappa shape index (κ1) is 12.7. The van der Waals surface area contributed by atoms with Crippen molar-refractivity contribution in [2.24, 2.45) is 0 Å². The number of hydrogen-bond donors (Lipinski definition) is 1. The van der Waals surface area contributed by atoms with Crippen LogP contribution in [-0.4, -0.2) is 24.0 Å². The molecule has 104 valence electrons. The average Bonchev–Trinajstić information content (AvgIpc) is 3.03. The van der Waals surface area contributed by atoms with Crippen molar-refractivity contribution in [3.8, 4) is 0 Å². The predicted molar refractivity (Wildman–Crippen MR) is 77.0 cm³/mol. The fourth-order valence-corrected chi connectivity index (χ4v) is 2.37. The molecule has 0 aliphatic carbocycles. The Bertz CT molecular complexity index is 557. The van der Waals surface area contributed by atoms with Gasteiger partial charge in [-0.05, 0) is 37.5 Å². The van der Waals surface area contributed by atoms with E-state index in [0.717, 1.165) is 18.9 Å². The number of anilines is 2. The Morgan fingerprint density at radius 2 is 2.05 bits per heavy atom. The molecule has 0 aromatic carbocycles. The fourth-order valence-electron chi connectivity index (χ4n) is 2.37. The summed E-state index contributed by atoms with van der Waals surface area (Å²) in [6.45, 7) is 2.13. The maximum atomic E-state index is 11.9. The summed E-state index contributed by atoms with van der Waals surface area (Å²) in [5.41, 5.74) is 1.20. The van der Waals surface area contributed by atoms with Gasteiger partial charge in [-0.1, -0.05) is 0 Å². The van der Waals surface area contributed by atoms with Gasteiger partial charge in [0.25, 0.3) is 5.91 Å². The van der Waals surface area contributed by atoms with Crippen LogP contribution < -0.4 is 10.2 Å². The first-order chi connectivity index (χ1) is 9.83. The molecule has 1 fully saturated rings. The molecule has 1 amide bonds. The standard InChI is InChI=1S/C15H17N3O2/c19-15(12-6-9-20-11-12)17-13-4-5-14(16-10-13)18-7-2-1-3-8-18/h4-6,9-11H,1-3,7-8H2,(H,17,19).